The molecule has 3 aromatic rings. The summed E-state index contributed by atoms with van der Waals surface area (Å²) >= 11 is 0. The lowest BCUT2D eigenvalue weighted by Gasteiger charge is -2.26. The molecule has 3 aromatic carbocycles. The number of likely N-dealkylation sites (N-methyl/N-ethyl adjacent to an activating group) is 1. The Balaban J connectivity index is 1.81. The van der Waals surface area contributed by atoms with Crippen molar-refractivity contribution in [2.45, 2.75) is 26.2 Å². The van der Waals surface area contributed by atoms with Gasteiger partial charge in [0.25, 0.3) is 0 Å². The lowest BCUT2D eigenvalue weighted by atomic mass is 9.94. The van der Waals surface area contributed by atoms with Crippen LogP contribution in [-0.2, 0) is 0 Å². The van der Waals surface area contributed by atoms with Crippen molar-refractivity contribution in [2.24, 2.45) is 0 Å². The van der Waals surface area contributed by atoms with E-state index in [0.29, 0.717) is 0 Å². The van der Waals surface area contributed by atoms with Crippen molar-refractivity contribution < 1.29 is 0 Å². The van der Waals surface area contributed by atoms with Crippen molar-refractivity contribution in [1.29, 1.82) is 0 Å². The monoisotopic (exact) mass is 369 g/mol. The van der Waals surface area contributed by atoms with Gasteiger partial charge in [0.05, 0.1) is 19.7 Å². The molecule has 1 heterocycles. The summed E-state index contributed by atoms with van der Waals surface area (Å²) in [6, 6.07) is 23.7. The molecule has 0 aliphatic carbocycles. The van der Waals surface area contributed by atoms with E-state index in [2.05, 4.69) is 99.3 Å². The zero-order valence-corrected chi connectivity index (χ0v) is 17.1. The zero-order valence-electron chi connectivity index (χ0n) is 17.1. The van der Waals surface area contributed by atoms with Gasteiger partial charge in [-0.05, 0) is 41.8 Å². The molecule has 2 heteroatoms. The fourth-order valence-electron chi connectivity index (χ4n) is 4.28. The Bertz CT molecular complexity index is 1040. The summed E-state index contributed by atoms with van der Waals surface area (Å²) in [7, 11) is 4.60. The number of quaternary nitrogens is 1. The molecule has 0 bridgehead atoms. The standard InChI is InChI=1S/C26H29N2/c1-4-5-14-23-24(18-19-27-21-12-7-6-8-13-21)28(2,3)25-17-16-20-11-9-10-15-22(20)26(23)25/h6-13,15-19,27H,4-5,14H2,1-3H3/q+1/b19-18+. The molecule has 0 atom stereocenters. The number of hydrogen-bond donors (Lipinski definition) is 1. The minimum Gasteiger partial charge on any atom is -0.361 e. The van der Waals surface area contributed by atoms with Crippen molar-refractivity contribution in [3.8, 4) is 0 Å². The summed E-state index contributed by atoms with van der Waals surface area (Å²) in [4.78, 5) is 0. The van der Waals surface area contributed by atoms with E-state index in [1.54, 1.807) is 0 Å². The number of para-hydroxylation sites is 1. The van der Waals surface area contributed by atoms with E-state index in [1.807, 2.05) is 6.07 Å². The molecule has 1 aliphatic rings. The van der Waals surface area contributed by atoms with Crippen molar-refractivity contribution in [1.82, 2.24) is 4.48 Å². The number of unbranched alkanes of at least 4 members (excludes halogenated alkanes) is 1. The Kier molecular flexibility index (Phi) is 5.06. The van der Waals surface area contributed by atoms with Crippen molar-refractivity contribution in [2.75, 3.05) is 19.4 Å². The van der Waals surface area contributed by atoms with Gasteiger partial charge in [0.1, 0.15) is 11.4 Å². The van der Waals surface area contributed by atoms with E-state index < -0.39 is 0 Å². The first-order valence-corrected chi connectivity index (χ1v) is 10.2. The van der Waals surface area contributed by atoms with E-state index in [9.17, 15) is 0 Å². The Morgan fingerprint density at radius 2 is 1.64 bits per heavy atom. The van der Waals surface area contributed by atoms with Gasteiger partial charge in [0.2, 0.25) is 0 Å². The van der Waals surface area contributed by atoms with Crippen LogP contribution in [0, 0.1) is 0 Å². The van der Waals surface area contributed by atoms with Gasteiger partial charge in [-0.1, -0.05) is 55.8 Å². The van der Waals surface area contributed by atoms with E-state index in [1.165, 1.54) is 46.1 Å². The molecule has 0 spiro atoms. The van der Waals surface area contributed by atoms with Crippen LogP contribution in [0.4, 0.5) is 11.4 Å². The first-order valence-electron chi connectivity index (χ1n) is 10.2. The van der Waals surface area contributed by atoms with Crippen LogP contribution in [0.5, 0.6) is 0 Å². The summed E-state index contributed by atoms with van der Waals surface area (Å²) in [6.45, 7) is 2.27. The normalized spacial score (nSPS) is 15.4. The number of rotatable bonds is 6. The largest absolute Gasteiger partial charge is 0.361 e. The lowest BCUT2D eigenvalue weighted by Crippen LogP contribution is -2.36. The third-order valence-electron chi connectivity index (χ3n) is 5.77. The minimum absolute atomic E-state index is 0.784. The van der Waals surface area contributed by atoms with Crippen LogP contribution in [0.1, 0.15) is 31.7 Å². The molecule has 28 heavy (non-hydrogen) atoms. The first kappa shape index (κ1) is 18.5. The Morgan fingerprint density at radius 3 is 2.43 bits per heavy atom. The molecule has 0 fully saturated rings. The lowest BCUT2D eigenvalue weighted by molar-refractivity contribution is 0.520. The highest BCUT2D eigenvalue weighted by molar-refractivity contribution is 6.03. The fourth-order valence-corrected chi connectivity index (χ4v) is 4.28. The fraction of sp³-hybridized carbons (Fsp3) is 0.231. The second-order valence-corrected chi connectivity index (χ2v) is 7.95. The summed E-state index contributed by atoms with van der Waals surface area (Å²) < 4.78 is 0.784. The van der Waals surface area contributed by atoms with E-state index in [0.717, 1.165) is 16.6 Å². The maximum absolute atomic E-state index is 3.43. The average molecular weight is 370 g/mol. The summed E-state index contributed by atoms with van der Waals surface area (Å²) in [6.07, 6.45) is 7.89. The van der Waals surface area contributed by atoms with Gasteiger partial charge in [0.15, 0.2) is 0 Å². The molecule has 0 unspecified atom stereocenters. The smallest absolute Gasteiger partial charge is 0.145 e. The van der Waals surface area contributed by atoms with Gasteiger partial charge < -0.3 is 5.32 Å². The molecule has 4 rings (SSSR count). The first-order chi connectivity index (χ1) is 13.6. The third-order valence-corrected chi connectivity index (χ3v) is 5.77. The molecular formula is C26H29N2+. The predicted molar refractivity (Wildman–Crippen MR) is 123 cm³/mol. The molecule has 1 aliphatic heterocycles. The number of nitrogens with one attached hydrogen (secondary N) is 1. The molecule has 1 N–H and O–H groups in total. The van der Waals surface area contributed by atoms with Crippen LogP contribution >= 0.6 is 0 Å². The van der Waals surface area contributed by atoms with E-state index in [-0.39, 0.29) is 0 Å². The van der Waals surface area contributed by atoms with Gasteiger partial charge in [-0.3, -0.25) is 4.48 Å². The summed E-state index contributed by atoms with van der Waals surface area (Å²) in [5, 5.41) is 6.12. The van der Waals surface area contributed by atoms with Gasteiger partial charge in [-0.2, -0.15) is 0 Å². The molecule has 0 aromatic heterocycles. The van der Waals surface area contributed by atoms with Gasteiger partial charge in [-0.25, -0.2) is 0 Å². The van der Waals surface area contributed by atoms with Crippen LogP contribution in [0.2, 0.25) is 0 Å². The van der Waals surface area contributed by atoms with Crippen LogP contribution in [-0.4, -0.2) is 14.1 Å². The quantitative estimate of drug-likeness (QED) is 0.464. The zero-order chi connectivity index (χ0) is 19.6. The Labute approximate surface area is 168 Å². The minimum atomic E-state index is 0.784. The third kappa shape index (κ3) is 3.25. The molecule has 142 valence electrons. The highest BCUT2D eigenvalue weighted by Gasteiger charge is 2.38. The Hall–Kier alpha value is -2.84. The maximum Gasteiger partial charge on any atom is 0.145 e. The van der Waals surface area contributed by atoms with Crippen molar-refractivity contribution >= 4 is 27.7 Å². The van der Waals surface area contributed by atoms with E-state index in [4.69, 9.17) is 0 Å². The van der Waals surface area contributed by atoms with Crippen LogP contribution in [0.15, 0.2) is 84.7 Å². The Morgan fingerprint density at radius 1 is 0.893 bits per heavy atom. The highest BCUT2D eigenvalue weighted by atomic mass is 15.3. The van der Waals surface area contributed by atoms with Crippen LogP contribution in [0.25, 0.3) is 16.3 Å². The number of hydrogen-bond acceptors (Lipinski definition) is 1. The van der Waals surface area contributed by atoms with Crippen molar-refractivity contribution in [3.05, 3.63) is 90.3 Å². The van der Waals surface area contributed by atoms with E-state index >= 15 is 0 Å². The number of allylic oxidation sites excluding steroid dienone is 2. The maximum atomic E-state index is 3.43. The molecule has 0 saturated carbocycles. The second kappa shape index (κ2) is 7.65. The van der Waals surface area contributed by atoms with Gasteiger partial charge in [0, 0.05) is 29.6 Å². The molecule has 0 amide bonds. The highest BCUT2D eigenvalue weighted by Crippen LogP contribution is 2.48. The second-order valence-electron chi connectivity index (χ2n) is 7.95. The number of anilines is 1. The van der Waals surface area contributed by atoms with Crippen molar-refractivity contribution in [3.63, 3.8) is 0 Å². The molecular weight excluding hydrogens is 340 g/mol. The molecule has 0 saturated heterocycles. The average Bonchev–Trinajstić information content (AvgIpc) is 2.94. The summed E-state index contributed by atoms with van der Waals surface area (Å²) in [5.41, 5.74) is 6.81. The predicted octanol–water partition coefficient (Wildman–Crippen LogP) is 6.95. The molecule has 2 nitrogen and oxygen atoms in total. The van der Waals surface area contributed by atoms with Gasteiger partial charge in [-0.15, -0.1) is 0 Å². The topological polar surface area (TPSA) is 12.0 Å². The number of fused-ring (bicyclic) bond motifs is 3. The summed E-state index contributed by atoms with van der Waals surface area (Å²) in [5.74, 6) is 0. The SMILES string of the molecule is CCCCC1=C(/C=C/Nc2ccccc2)[N+](C)(C)c2ccc3ccccc3c21. The molecule has 0 radical (unpaired) electrons. The van der Waals surface area contributed by atoms with Crippen LogP contribution in [0.3, 0.4) is 0 Å². The van der Waals surface area contributed by atoms with Gasteiger partial charge >= 0.3 is 0 Å². The number of benzene rings is 3. The van der Waals surface area contributed by atoms with Crippen LogP contribution < -0.4 is 9.80 Å². The number of nitrogens with zero attached hydrogens (tertiary/aromatic N) is 1.